The third-order valence-corrected chi connectivity index (χ3v) is 3.87. The number of nitro groups is 1. The van der Waals surface area contributed by atoms with Gasteiger partial charge in [-0.3, -0.25) is 19.6 Å². The van der Waals surface area contributed by atoms with E-state index in [-0.39, 0.29) is 11.6 Å². The molecule has 7 heteroatoms. The van der Waals surface area contributed by atoms with Gasteiger partial charge in [0.2, 0.25) is 5.91 Å². The van der Waals surface area contributed by atoms with E-state index >= 15 is 0 Å². The van der Waals surface area contributed by atoms with Gasteiger partial charge in [-0.25, -0.2) is 0 Å². The number of carbonyl (C=O) groups is 1. The Bertz CT molecular complexity index is 780. The number of aryl methyl sites for hydroxylation is 3. The van der Waals surface area contributed by atoms with Crippen LogP contribution in [0.3, 0.4) is 0 Å². The normalized spacial score (nSPS) is 12.0. The zero-order chi connectivity index (χ0) is 17.3. The molecule has 1 amide bonds. The lowest BCUT2D eigenvalue weighted by atomic mass is 10.1. The lowest BCUT2D eigenvalue weighted by molar-refractivity contribution is -0.386. The number of hydrogen-bond acceptors (Lipinski definition) is 4. The summed E-state index contributed by atoms with van der Waals surface area (Å²) in [5.74, 6) is -0.265. The number of amides is 1. The second-order valence-corrected chi connectivity index (χ2v) is 5.70. The first kappa shape index (κ1) is 16.7. The summed E-state index contributed by atoms with van der Waals surface area (Å²) in [6, 6.07) is 5.15. The lowest BCUT2D eigenvalue weighted by Gasteiger charge is -2.15. The van der Waals surface area contributed by atoms with Crippen LogP contribution in [0.4, 0.5) is 11.4 Å². The SMILES string of the molecule is Cc1ccc(C)c(NC(=O)C(C)n2nc(C)c([N+](=O)[O-])c2C)c1. The zero-order valence-corrected chi connectivity index (χ0v) is 13.9. The number of nitrogens with zero attached hydrogens (tertiary/aromatic N) is 3. The van der Waals surface area contributed by atoms with Crippen molar-refractivity contribution in [1.29, 1.82) is 0 Å². The van der Waals surface area contributed by atoms with Gasteiger partial charge in [-0.15, -0.1) is 0 Å². The molecule has 23 heavy (non-hydrogen) atoms. The summed E-state index contributed by atoms with van der Waals surface area (Å²) in [6.45, 7) is 8.69. The van der Waals surface area contributed by atoms with E-state index in [4.69, 9.17) is 0 Å². The second kappa shape index (κ2) is 6.20. The van der Waals surface area contributed by atoms with Gasteiger partial charge in [0.25, 0.3) is 0 Å². The maximum Gasteiger partial charge on any atom is 0.312 e. The minimum atomic E-state index is -0.651. The molecule has 1 aromatic heterocycles. The van der Waals surface area contributed by atoms with Crippen molar-refractivity contribution in [3.05, 3.63) is 50.8 Å². The van der Waals surface area contributed by atoms with Crippen molar-refractivity contribution in [3.8, 4) is 0 Å². The molecule has 0 aliphatic heterocycles. The van der Waals surface area contributed by atoms with Crippen LogP contribution < -0.4 is 5.32 Å². The summed E-state index contributed by atoms with van der Waals surface area (Å²) in [6.07, 6.45) is 0. The van der Waals surface area contributed by atoms with Gasteiger partial charge in [0.1, 0.15) is 17.4 Å². The molecule has 0 saturated carbocycles. The molecular formula is C16H20N4O3. The van der Waals surface area contributed by atoms with Gasteiger partial charge in [0, 0.05) is 5.69 Å². The third-order valence-electron chi connectivity index (χ3n) is 3.87. The second-order valence-electron chi connectivity index (χ2n) is 5.70. The van der Waals surface area contributed by atoms with Crippen LogP contribution in [-0.4, -0.2) is 20.6 Å². The van der Waals surface area contributed by atoms with E-state index in [9.17, 15) is 14.9 Å². The molecule has 0 aliphatic carbocycles. The molecule has 122 valence electrons. The van der Waals surface area contributed by atoms with Crippen LogP contribution in [0.5, 0.6) is 0 Å². The minimum absolute atomic E-state index is 0.0450. The maximum absolute atomic E-state index is 12.5. The summed E-state index contributed by atoms with van der Waals surface area (Å²) >= 11 is 0. The maximum atomic E-state index is 12.5. The monoisotopic (exact) mass is 316 g/mol. The Hall–Kier alpha value is -2.70. The van der Waals surface area contributed by atoms with Crippen LogP contribution >= 0.6 is 0 Å². The number of anilines is 1. The largest absolute Gasteiger partial charge is 0.324 e. The quantitative estimate of drug-likeness (QED) is 0.692. The van der Waals surface area contributed by atoms with E-state index < -0.39 is 11.0 Å². The highest BCUT2D eigenvalue weighted by Gasteiger charge is 2.27. The molecule has 1 unspecified atom stereocenters. The first-order valence-electron chi connectivity index (χ1n) is 7.30. The molecule has 2 aromatic rings. The smallest absolute Gasteiger partial charge is 0.312 e. The van der Waals surface area contributed by atoms with Gasteiger partial charge in [-0.05, 0) is 51.8 Å². The van der Waals surface area contributed by atoms with Gasteiger partial charge in [-0.1, -0.05) is 12.1 Å². The van der Waals surface area contributed by atoms with Crippen LogP contribution in [0.25, 0.3) is 0 Å². The first-order valence-corrected chi connectivity index (χ1v) is 7.30. The summed E-state index contributed by atoms with van der Waals surface area (Å²) < 4.78 is 1.40. The van der Waals surface area contributed by atoms with Crippen molar-refractivity contribution >= 4 is 17.3 Å². The molecule has 0 aliphatic rings. The fourth-order valence-corrected chi connectivity index (χ4v) is 2.51. The fraction of sp³-hybridized carbons (Fsp3) is 0.375. The fourth-order valence-electron chi connectivity index (χ4n) is 2.51. The highest BCUT2D eigenvalue weighted by Crippen LogP contribution is 2.25. The summed E-state index contributed by atoms with van der Waals surface area (Å²) in [5, 5.41) is 18.1. The van der Waals surface area contributed by atoms with E-state index in [1.165, 1.54) is 4.68 Å². The minimum Gasteiger partial charge on any atom is -0.324 e. The number of rotatable bonds is 4. The Morgan fingerprint density at radius 2 is 1.96 bits per heavy atom. The van der Waals surface area contributed by atoms with Crippen LogP contribution in [-0.2, 0) is 4.79 Å². The molecule has 0 fully saturated rings. The number of nitrogens with one attached hydrogen (secondary N) is 1. The molecule has 0 bridgehead atoms. The number of carbonyl (C=O) groups excluding carboxylic acids is 1. The highest BCUT2D eigenvalue weighted by atomic mass is 16.6. The zero-order valence-electron chi connectivity index (χ0n) is 13.9. The van der Waals surface area contributed by atoms with Crippen molar-refractivity contribution in [2.45, 2.75) is 40.7 Å². The van der Waals surface area contributed by atoms with Gasteiger partial charge in [0.15, 0.2) is 0 Å². The predicted octanol–water partition coefficient (Wildman–Crippen LogP) is 3.22. The van der Waals surface area contributed by atoms with Crippen LogP contribution in [0, 0.1) is 37.8 Å². The van der Waals surface area contributed by atoms with Crippen molar-refractivity contribution in [1.82, 2.24) is 9.78 Å². The Kier molecular flexibility index (Phi) is 4.49. The summed E-state index contributed by atoms with van der Waals surface area (Å²) in [5.41, 5.74) is 3.36. The average Bonchev–Trinajstić information content (AvgIpc) is 2.77. The molecule has 0 saturated heterocycles. The molecule has 7 nitrogen and oxygen atoms in total. The molecule has 1 N–H and O–H groups in total. The van der Waals surface area contributed by atoms with Crippen molar-refractivity contribution in [2.24, 2.45) is 0 Å². The van der Waals surface area contributed by atoms with E-state index in [1.54, 1.807) is 20.8 Å². The highest BCUT2D eigenvalue weighted by molar-refractivity contribution is 5.94. The Balaban J connectivity index is 2.28. The van der Waals surface area contributed by atoms with Gasteiger partial charge in [0.05, 0.1) is 4.92 Å². The van der Waals surface area contributed by atoms with Gasteiger partial charge in [-0.2, -0.15) is 5.10 Å². The average molecular weight is 316 g/mol. The first-order chi connectivity index (χ1) is 10.7. The Labute approximate surface area is 134 Å². The van der Waals surface area contributed by atoms with Crippen molar-refractivity contribution in [2.75, 3.05) is 5.32 Å². The van der Waals surface area contributed by atoms with Gasteiger partial charge >= 0.3 is 5.69 Å². The molecule has 1 atom stereocenters. The van der Waals surface area contributed by atoms with E-state index in [2.05, 4.69) is 10.4 Å². The standard InChI is InChI=1S/C16H20N4O3/c1-9-6-7-10(2)14(8-9)17-16(21)13(5)19-12(4)15(20(22)23)11(3)18-19/h6-8,13H,1-5H3,(H,17,21). The van der Waals surface area contributed by atoms with E-state index in [1.807, 2.05) is 32.0 Å². The summed E-state index contributed by atoms with van der Waals surface area (Å²) in [4.78, 5) is 23.1. The molecular weight excluding hydrogens is 296 g/mol. The molecule has 2 rings (SSSR count). The molecule has 0 radical (unpaired) electrons. The molecule has 1 heterocycles. The van der Waals surface area contributed by atoms with E-state index in [0.29, 0.717) is 11.4 Å². The van der Waals surface area contributed by atoms with Crippen LogP contribution in [0.1, 0.15) is 35.5 Å². The lowest BCUT2D eigenvalue weighted by Crippen LogP contribution is -2.25. The number of benzene rings is 1. The predicted molar refractivity (Wildman–Crippen MR) is 87.6 cm³/mol. The third kappa shape index (κ3) is 3.23. The summed E-state index contributed by atoms with van der Waals surface area (Å²) in [7, 11) is 0. The van der Waals surface area contributed by atoms with Crippen molar-refractivity contribution in [3.63, 3.8) is 0 Å². The number of aromatic nitrogens is 2. The molecule has 1 aromatic carbocycles. The Morgan fingerprint density at radius 3 is 2.52 bits per heavy atom. The topological polar surface area (TPSA) is 90.1 Å². The molecule has 0 spiro atoms. The Morgan fingerprint density at radius 1 is 1.30 bits per heavy atom. The van der Waals surface area contributed by atoms with Crippen LogP contribution in [0.15, 0.2) is 18.2 Å². The van der Waals surface area contributed by atoms with Gasteiger partial charge < -0.3 is 5.32 Å². The van der Waals surface area contributed by atoms with Crippen LogP contribution in [0.2, 0.25) is 0 Å². The van der Waals surface area contributed by atoms with E-state index in [0.717, 1.165) is 16.8 Å². The number of hydrogen-bond donors (Lipinski definition) is 1. The van der Waals surface area contributed by atoms with Crippen molar-refractivity contribution < 1.29 is 9.72 Å².